The summed E-state index contributed by atoms with van der Waals surface area (Å²) in [4.78, 5) is 18.2. The Labute approximate surface area is 238 Å². The van der Waals surface area contributed by atoms with Gasteiger partial charge in [0.05, 0.1) is 0 Å². The maximum absolute atomic E-state index is 9.09. The minimum atomic E-state index is -0.639. The van der Waals surface area contributed by atoms with Crippen LogP contribution < -0.4 is 11.5 Å². The molecule has 0 fully saturated rings. The predicted molar refractivity (Wildman–Crippen MR) is 171 cm³/mol. The van der Waals surface area contributed by atoms with Gasteiger partial charge >= 0.3 is 0 Å². The third kappa shape index (κ3) is 76.5. The van der Waals surface area contributed by atoms with E-state index in [1.165, 1.54) is 154 Å². The summed E-state index contributed by atoms with van der Waals surface area (Å²) in [6.45, 7) is 9.14. The van der Waals surface area contributed by atoms with Gasteiger partial charge in [0.15, 0.2) is 0 Å². The van der Waals surface area contributed by atoms with Crippen molar-refractivity contribution in [1.82, 2.24) is 0 Å². The Morgan fingerprint density at radius 3 is 0.528 bits per heavy atom. The van der Waals surface area contributed by atoms with E-state index in [1.807, 2.05) is 0 Å². The average Bonchev–Trinajstić information content (AvgIpc) is 2.81. The van der Waals surface area contributed by atoms with Crippen LogP contribution in [0.15, 0.2) is 0 Å². The van der Waals surface area contributed by atoms with Crippen molar-refractivity contribution >= 4 is 35.7 Å². The van der Waals surface area contributed by atoms with Crippen molar-refractivity contribution in [2.75, 3.05) is 0 Å². The Hall–Kier alpha value is -0.360. The highest BCUT2D eigenvalue weighted by molar-refractivity contribution is 7.96. The van der Waals surface area contributed by atoms with Gasteiger partial charge in [-0.05, 0) is 0 Å². The number of nitrogens with two attached hydrogens (primary N) is 2. The molecule has 0 aliphatic heterocycles. The van der Waals surface area contributed by atoms with Crippen LogP contribution in [-0.2, 0) is 0 Å². The summed E-state index contributed by atoms with van der Waals surface area (Å²) < 4.78 is 0. The second kappa shape index (κ2) is 44.6. The van der Waals surface area contributed by atoms with Crippen molar-refractivity contribution in [2.24, 2.45) is 11.5 Å². The minimum Gasteiger partial charge on any atom is -0.361 e. The molecule has 4 nitrogen and oxygen atoms in total. The van der Waals surface area contributed by atoms with Gasteiger partial charge < -0.3 is 11.5 Å². The van der Waals surface area contributed by atoms with Crippen LogP contribution in [0.5, 0.6) is 0 Å². The Morgan fingerprint density at radius 1 is 0.361 bits per heavy atom. The summed E-state index contributed by atoms with van der Waals surface area (Å²) in [7, 11) is 0. The Bertz CT molecular complexity index is 329. The monoisotopic (exact) mass is 550 g/mol. The summed E-state index contributed by atoms with van der Waals surface area (Å²) in [5.74, 6) is 0. The number of carbonyl (C=O) groups is 2. The minimum absolute atomic E-state index is 0.639. The van der Waals surface area contributed by atoms with Crippen molar-refractivity contribution in [3.05, 3.63) is 0 Å². The van der Waals surface area contributed by atoms with Gasteiger partial charge in [-0.2, -0.15) is 0 Å². The number of unbranched alkanes of at least 4 members (excludes halogenated alkanes) is 22. The first-order chi connectivity index (χ1) is 17.3. The van der Waals surface area contributed by atoms with E-state index in [1.54, 1.807) is 0 Å². The fraction of sp³-hybridized carbons (Fsp3) is 0.933. The zero-order valence-electron chi connectivity index (χ0n) is 24.8. The van der Waals surface area contributed by atoms with Crippen LogP contribution >= 0.6 is 25.3 Å². The summed E-state index contributed by atoms with van der Waals surface area (Å²) in [5.41, 5.74) is 8.67. The van der Waals surface area contributed by atoms with Crippen LogP contribution in [-0.4, -0.2) is 10.5 Å². The van der Waals surface area contributed by atoms with Crippen LogP contribution in [0.1, 0.15) is 182 Å². The third-order valence-corrected chi connectivity index (χ3v) is 5.91. The Balaban J connectivity index is -0.000000219. The topological polar surface area (TPSA) is 86.2 Å². The second-order valence-electron chi connectivity index (χ2n) is 9.75. The molecule has 220 valence electrons. The average molecular weight is 551 g/mol. The molecule has 0 saturated carbocycles. The Morgan fingerprint density at radius 2 is 0.444 bits per heavy atom. The van der Waals surface area contributed by atoms with E-state index >= 15 is 0 Å². The van der Waals surface area contributed by atoms with E-state index in [2.05, 4.69) is 64.4 Å². The van der Waals surface area contributed by atoms with Crippen molar-refractivity contribution in [1.29, 1.82) is 0 Å². The fourth-order valence-corrected chi connectivity index (χ4v) is 3.83. The summed E-state index contributed by atoms with van der Waals surface area (Å²) >= 11 is 6.21. The van der Waals surface area contributed by atoms with Gasteiger partial charge in [0.25, 0.3) is 10.5 Å². The molecule has 0 saturated heterocycles. The molecule has 2 amide bonds. The molecule has 0 aliphatic rings. The van der Waals surface area contributed by atoms with Crippen molar-refractivity contribution in [3.8, 4) is 0 Å². The highest BCUT2D eigenvalue weighted by atomic mass is 32.1. The maximum atomic E-state index is 9.09. The lowest BCUT2D eigenvalue weighted by molar-refractivity contribution is 0.266. The number of carbonyl (C=O) groups excluding carboxylic acids is 2. The molecule has 0 aromatic rings. The SMILES string of the molecule is CCCCCCCCCCCCCC.CCCCCCCCCCCCCC.NC(=O)S.NC(=O)S. The molecular weight excluding hydrogens is 484 g/mol. The lowest BCUT2D eigenvalue weighted by atomic mass is 10.1. The summed E-state index contributed by atoms with van der Waals surface area (Å²) in [5, 5.41) is -1.28. The van der Waals surface area contributed by atoms with Gasteiger partial charge in [0.2, 0.25) is 0 Å². The molecular formula is C30H66N2O2S2. The van der Waals surface area contributed by atoms with Crippen molar-refractivity contribution < 1.29 is 9.59 Å². The fourth-order valence-electron chi connectivity index (χ4n) is 3.83. The van der Waals surface area contributed by atoms with Gasteiger partial charge in [-0.15, -0.1) is 0 Å². The lowest BCUT2D eigenvalue weighted by Crippen LogP contribution is -1.95. The molecule has 0 spiro atoms. The standard InChI is InChI=1S/2C14H30.2CH3NOS/c2*1-3-5-7-9-11-13-14-12-10-8-6-4-2;2*2-1(3)4/h2*3-14H2,1-2H3;2*(H3,2,3,4). The molecule has 4 N–H and O–H groups in total. The van der Waals surface area contributed by atoms with Crippen LogP contribution in [0.2, 0.25) is 0 Å². The van der Waals surface area contributed by atoms with E-state index < -0.39 is 10.5 Å². The number of hydrogen-bond acceptors (Lipinski definition) is 2. The van der Waals surface area contributed by atoms with Crippen LogP contribution in [0.25, 0.3) is 0 Å². The molecule has 0 aromatic heterocycles. The molecule has 0 bridgehead atoms. The molecule has 0 heterocycles. The van der Waals surface area contributed by atoms with E-state index in [0.717, 1.165) is 0 Å². The zero-order valence-corrected chi connectivity index (χ0v) is 26.6. The zero-order chi connectivity index (χ0) is 28.1. The molecule has 0 rings (SSSR count). The second-order valence-corrected chi connectivity index (χ2v) is 10.6. The van der Waals surface area contributed by atoms with Crippen LogP contribution in [0.4, 0.5) is 9.59 Å². The molecule has 36 heavy (non-hydrogen) atoms. The number of hydrogen-bond donors (Lipinski definition) is 4. The third-order valence-electron chi connectivity index (χ3n) is 5.91. The highest BCUT2D eigenvalue weighted by Crippen LogP contribution is 2.12. The van der Waals surface area contributed by atoms with Gasteiger partial charge in [-0.1, -0.05) is 207 Å². The van der Waals surface area contributed by atoms with Gasteiger partial charge in [-0.3, -0.25) is 9.59 Å². The smallest absolute Gasteiger partial charge is 0.273 e. The van der Waals surface area contributed by atoms with Gasteiger partial charge in [0.1, 0.15) is 0 Å². The van der Waals surface area contributed by atoms with E-state index in [9.17, 15) is 0 Å². The number of rotatable bonds is 22. The van der Waals surface area contributed by atoms with Crippen molar-refractivity contribution in [3.63, 3.8) is 0 Å². The first kappa shape index (κ1) is 42.7. The van der Waals surface area contributed by atoms with E-state index in [0.29, 0.717) is 0 Å². The van der Waals surface area contributed by atoms with E-state index in [-0.39, 0.29) is 0 Å². The lowest BCUT2D eigenvalue weighted by Gasteiger charge is -2.01. The molecule has 6 heteroatoms. The normalized spacial score (nSPS) is 9.72. The maximum Gasteiger partial charge on any atom is 0.273 e. The van der Waals surface area contributed by atoms with Crippen LogP contribution in [0, 0.1) is 0 Å². The largest absolute Gasteiger partial charge is 0.361 e. The van der Waals surface area contributed by atoms with Crippen molar-refractivity contribution in [2.45, 2.75) is 182 Å². The molecule has 0 atom stereocenters. The first-order valence-electron chi connectivity index (χ1n) is 15.3. The number of thiol groups is 2. The predicted octanol–water partition coefficient (Wildman–Crippen LogP) is 11.4. The molecule has 0 aromatic carbocycles. The van der Waals surface area contributed by atoms with Gasteiger partial charge in [-0.25, -0.2) is 0 Å². The number of amides is 2. The summed E-state index contributed by atoms with van der Waals surface area (Å²) in [6, 6.07) is 0. The molecule has 0 unspecified atom stereocenters. The number of primary amides is 2. The van der Waals surface area contributed by atoms with E-state index in [4.69, 9.17) is 9.59 Å². The van der Waals surface area contributed by atoms with Crippen LogP contribution in [0.3, 0.4) is 0 Å². The molecule has 0 radical (unpaired) electrons. The quantitative estimate of drug-likeness (QED) is 0.0797. The first-order valence-corrected chi connectivity index (χ1v) is 16.2. The van der Waals surface area contributed by atoms with Gasteiger partial charge in [0, 0.05) is 0 Å². The Kier molecular flexibility index (Phi) is 52.9. The highest BCUT2D eigenvalue weighted by Gasteiger charge is 1.92. The summed E-state index contributed by atoms with van der Waals surface area (Å²) in [6.07, 6.45) is 34.9. The molecule has 0 aliphatic carbocycles.